The van der Waals surface area contributed by atoms with Crippen LogP contribution in [0.4, 0.5) is 0 Å². The minimum atomic E-state index is -1.93. The standard InChI is InChI=1S/C12H24O6.4BrH.Sn/c1-2-14-5-6-16-9-10-18-12-11-17-8-7-15-4-3-13-1;;;;;/h1-12H2;4*1H;/q;;;;;+4/p-4. The molecule has 0 saturated carbocycles. The van der Waals surface area contributed by atoms with E-state index in [0.29, 0.717) is 79.3 Å². The van der Waals surface area contributed by atoms with Crippen molar-refractivity contribution in [2.24, 2.45) is 0 Å². The molecule has 0 unspecified atom stereocenters. The summed E-state index contributed by atoms with van der Waals surface area (Å²) in [6, 6.07) is 0. The van der Waals surface area contributed by atoms with Crippen molar-refractivity contribution in [2.45, 2.75) is 0 Å². The first-order valence-electron chi connectivity index (χ1n) is 7.22. The number of ether oxygens (including phenoxy) is 6. The average Bonchev–Trinajstić information content (AvgIpc) is 2.46. The Morgan fingerprint density at radius 2 is 0.435 bits per heavy atom. The van der Waals surface area contributed by atoms with E-state index in [1.165, 1.54) is 0 Å². The molecule has 1 fully saturated rings. The first kappa shape index (κ1) is 25.5. The Kier molecular flexibility index (Phi) is 21.3. The van der Waals surface area contributed by atoms with Gasteiger partial charge < -0.3 is 28.4 Å². The fourth-order valence-electron chi connectivity index (χ4n) is 1.32. The Labute approximate surface area is 166 Å². The summed E-state index contributed by atoms with van der Waals surface area (Å²) < 4.78 is 32.0. The van der Waals surface area contributed by atoms with E-state index in [4.69, 9.17) is 28.4 Å². The maximum atomic E-state index is 5.33. The summed E-state index contributed by atoms with van der Waals surface area (Å²) in [4.78, 5) is 0. The normalized spacial score (nSPS) is 21.4. The molecule has 0 spiro atoms. The fourth-order valence-corrected chi connectivity index (χ4v) is 1.32. The molecule has 0 amide bonds. The molecule has 0 aromatic carbocycles. The number of hydrogen-bond donors (Lipinski definition) is 0. The Morgan fingerprint density at radius 1 is 0.348 bits per heavy atom. The van der Waals surface area contributed by atoms with Gasteiger partial charge in [-0.1, -0.05) is 0 Å². The van der Waals surface area contributed by atoms with Crippen LogP contribution in [0.2, 0.25) is 0 Å². The molecule has 140 valence electrons. The Bertz CT molecular complexity index is 167. The summed E-state index contributed by atoms with van der Waals surface area (Å²) >= 11 is 13.3. The van der Waals surface area contributed by atoms with E-state index in [1.54, 1.807) is 0 Å². The van der Waals surface area contributed by atoms with Crippen molar-refractivity contribution in [3.05, 3.63) is 0 Å². The van der Waals surface area contributed by atoms with Crippen molar-refractivity contribution in [3.63, 3.8) is 0 Å². The van der Waals surface area contributed by atoms with Crippen molar-refractivity contribution >= 4 is 60.3 Å². The second-order valence-corrected chi connectivity index (χ2v) is 81.3. The van der Waals surface area contributed by atoms with Crippen LogP contribution in [0.3, 0.4) is 0 Å². The Hall–Kier alpha value is 2.48. The monoisotopic (exact) mass is 700 g/mol. The SMILES string of the molecule is C1COCCOCCOCCOCCOCCO1.[Br][Sn]([Br])([Br])[Br]. The second kappa shape index (κ2) is 19.2. The van der Waals surface area contributed by atoms with Crippen LogP contribution in [0.25, 0.3) is 0 Å². The molecule has 0 N–H and O–H groups in total. The van der Waals surface area contributed by atoms with Crippen molar-refractivity contribution in [2.75, 3.05) is 79.3 Å². The molecule has 1 rings (SSSR count). The molecule has 1 saturated heterocycles. The van der Waals surface area contributed by atoms with Crippen LogP contribution in [-0.4, -0.2) is 88.8 Å². The molecule has 0 radical (unpaired) electrons. The summed E-state index contributed by atoms with van der Waals surface area (Å²) in [6.45, 7) is 7.04. The molecular weight excluding hydrogens is 678 g/mol. The van der Waals surface area contributed by atoms with Gasteiger partial charge in [0.15, 0.2) is 0 Å². The van der Waals surface area contributed by atoms with Gasteiger partial charge in [-0.25, -0.2) is 0 Å². The number of hydrogen-bond acceptors (Lipinski definition) is 6. The zero-order valence-corrected chi connectivity index (χ0v) is 22.1. The first-order valence-corrected chi connectivity index (χ1v) is 32.8. The third-order valence-corrected chi connectivity index (χ3v) is 2.23. The molecule has 0 atom stereocenters. The van der Waals surface area contributed by atoms with Gasteiger partial charge in [-0.2, -0.15) is 0 Å². The second-order valence-electron chi connectivity index (χ2n) is 4.10. The van der Waals surface area contributed by atoms with Crippen molar-refractivity contribution < 1.29 is 28.4 Å². The van der Waals surface area contributed by atoms with Crippen molar-refractivity contribution in [3.8, 4) is 0 Å². The maximum absolute atomic E-state index is 5.33. The van der Waals surface area contributed by atoms with E-state index in [-0.39, 0.29) is 0 Å². The third-order valence-electron chi connectivity index (χ3n) is 2.23. The topological polar surface area (TPSA) is 55.4 Å². The zero-order chi connectivity index (χ0) is 17.2. The number of halogens is 4. The Morgan fingerprint density at radius 3 is 0.522 bits per heavy atom. The van der Waals surface area contributed by atoms with Gasteiger partial charge in [0.25, 0.3) is 0 Å². The summed E-state index contributed by atoms with van der Waals surface area (Å²) in [6.07, 6.45) is 0. The quantitative estimate of drug-likeness (QED) is 0.362. The molecule has 11 heteroatoms. The predicted molar refractivity (Wildman–Crippen MR) is 106 cm³/mol. The minimum absolute atomic E-state index is 0.586. The van der Waals surface area contributed by atoms with E-state index in [1.807, 2.05) is 0 Å². The summed E-state index contributed by atoms with van der Waals surface area (Å²) in [7, 11) is -1.93. The average molecular weight is 703 g/mol. The fraction of sp³-hybridized carbons (Fsp3) is 1.00. The van der Waals surface area contributed by atoms with Crippen LogP contribution in [0.1, 0.15) is 0 Å². The van der Waals surface area contributed by atoms with E-state index in [2.05, 4.69) is 50.8 Å². The molecule has 0 bridgehead atoms. The van der Waals surface area contributed by atoms with E-state index < -0.39 is 9.49 Å². The van der Waals surface area contributed by atoms with Gasteiger partial charge in [0, 0.05) is 0 Å². The van der Waals surface area contributed by atoms with Gasteiger partial charge in [0.05, 0.1) is 79.3 Å². The summed E-state index contributed by atoms with van der Waals surface area (Å²) in [5.41, 5.74) is 0. The van der Waals surface area contributed by atoms with Gasteiger partial charge in [-0.3, -0.25) is 0 Å². The van der Waals surface area contributed by atoms with E-state index in [0.717, 1.165) is 0 Å². The van der Waals surface area contributed by atoms with Crippen LogP contribution in [0.15, 0.2) is 0 Å². The van der Waals surface area contributed by atoms with E-state index in [9.17, 15) is 0 Å². The van der Waals surface area contributed by atoms with Crippen LogP contribution in [-0.2, 0) is 28.4 Å². The number of rotatable bonds is 0. The first-order chi connectivity index (χ1) is 11.0. The molecular formula is C12H24Br4O6Sn. The summed E-state index contributed by atoms with van der Waals surface area (Å²) in [5.74, 6) is 0. The zero-order valence-electron chi connectivity index (χ0n) is 12.9. The predicted octanol–water partition coefficient (Wildman–Crippen LogP) is 3.10. The van der Waals surface area contributed by atoms with Crippen LogP contribution in [0, 0.1) is 0 Å². The summed E-state index contributed by atoms with van der Waals surface area (Å²) in [5, 5.41) is 0. The molecule has 1 aliphatic heterocycles. The van der Waals surface area contributed by atoms with Gasteiger partial charge in [-0.15, -0.1) is 0 Å². The molecule has 1 heterocycles. The van der Waals surface area contributed by atoms with Crippen molar-refractivity contribution in [1.82, 2.24) is 0 Å². The molecule has 23 heavy (non-hydrogen) atoms. The van der Waals surface area contributed by atoms with Gasteiger partial charge in [0.1, 0.15) is 0 Å². The van der Waals surface area contributed by atoms with Gasteiger partial charge in [0.2, 0.25) is 0 Å². The van der Waals surface area contributed by atoms with Gasteiger partial charge in [-0.05, 0) is 0 Å². The van der Waals surface area contributed by atoms with Crippen LogP contribution < -0.4 is 0 Å². The van der Waals surface area contributed by atoms with Crippen LogP contribution >= 0.6 is 50.8 Å². The van der Waals surface area contributed by atoms with E-state index >= 15 is 0 Å². The van der Waals surface area contributed by atoms with Crippen molar-refractivity contribution in [1.29, 1.82) is 0 Å². The third kappa shape index (κ3) is 29.5. The molecule has 6 nitrogen and oxygen atoms in total. The molecule has 0 aromatic rings. The molecule has 1 aliphatic rings. The Balaban J connectivity index is 0.000000841. The molecule has 0 aromatic heterocycles. The van der Waals surface area contributed by atoms with Gasteiger partial charge >= 0.3 is 60.3 Å². The van der Waals surface area contributed by atoms with Crippen LogP contribution in [0.5, 0.6) is 0 Å². The molecule has 0 aliphatic carbocycles.